The molecule has 0 aliphatic rings. The molecule has 0 fully saturated rings. The molecule has 0 unspecified atom stereocenters. The molecular weight excluding hydrogens is 211 g/mol. The maximum absolute atomic E-state index is 12.7. The van der Waals surface area contributed by atoms with E-state index in [2.05, 4.69) is 4.98 Å². The minimum absolute atomic E-state index is 0.193. The molecule has 0 spiro atoms. The lowest BCUT2D eigenvalue weighted by Gasteiger charge is -2.07. The van der Waals surface area contributed by atoms with E-state index < -0.39 is 5.88 Å². The largest absolute Gasteiger partial charge is 0.505 e. The first-order chi connectivity index (χ1) is 7.59. The van der Waals surface area contributed by atoms with Gasteiger partial charge in [-0.15, -0.1) is 0 Å². The second-order valence-electron chi connectivity index (χ2n) is 3.26. The van der Waals surface area contributed by atoms with E-state index in [-0.39, 0.29) is 17.3 Å². The highest BCUT2D eigenvalue weighted by atomic mass is 19.1. The normalized spacial score (nSPS) is 10.3. The molecule has 1 aromatic carbocycles. The third kappa shape index (κ3) is 1.63. The SMILES string of the molecule is Nc1c(O)ncc(-c2ccc(F)cc2)c1O. The molecule has 2 rings (SSSR count). The maximum Gasteiger partial charge on any atom is 0.238 e. The second-order valence-corrected chi connectivity index (χ2v) is 3.26. The molecule has 5 heteroatoms. The summed E-state index contributed by atoms with van der Waals surface area (Å²) in [6.07, 6.45) is 1.27. The molecule has 2 aromatic rings. The van der Waals surface area contributed by atoms with Crippen molar-refractivity contribution in [3.05, 3.63) is 36.3 Å². The van der Waals surface area contributed by atoms with Crippen molar-refractivity contribution in [1.29, 1.82) is 0 Å². The molecule has 0 amide bonds. The van der Waals surface area contributed by atoms with Crippen LogP contribution in [0.3, 0.4) is 0 Å². The van der Waals surface area contributed by atoms with Crippen molar-refractivity contribution in [2.24, 2.45) is 0 Å². The first kappa shape index (κ1) is 10.2. The highest BCUT2D eigenvalue weighted by Gasteiger charge is 2.11. The van der Waals surface area contributed by atoms with Gasteiger partial charge in [-0.1, -0.05) is 12.1 Å². The summed E-state index contributed by atoms with van der Waals surface area (Å²) in [4.78, 5) is 3.62. The lowest BCUT2D eigenvalue weighted by atomic mass is 10.1. The average Bonchev–Trinajstić information content (AvgIpc) is 2.28. The summed E-state index contributed by atoms with van der Waals surface area (Å²) in [6, 6.07) is 5.50. The zero-order valence-corrected chi connectivity index (χ0v) is 8.18. The van der Waals surface area contributed by atoms with Crippen LogP contribution in [0.5, 0.6) is 11.6 Å². The van der Waals surface area contributed by atoms with Gasteiger partial charge in [0.15, 0.2) is 5.75 Å². The van der Waals surface area contributed by atoms with Crippen LogP contribution in [0, 0.1) is 5.82 Å². The molecule has 0 aliphatic carbocycles. The second kappa shape index (κ2) is 3.69. The predicted molar refractivity (Wildman–Crippen MR) is 57.4 cm³/mol. The van der Waals surface area contributed by atoms with Crippen molar-refractivity contribution in [2.45, 2.75) is 0 Å². The number of hydrogen-bond acceptors (Lipinski definition) is 4. The number of nitrogens with two attached hydrogens (primary N) is 1. The Balaban J connectivity index is 2.57. The number of aromatic hydroxyl groups is 2. The van der Waals surface area contributed by atoms with Gasteiger partial charge in [0.2, 0.25) is 5.88 Å². The molecule has 4 nitrogen and oxygen atoms in total. The van der Waals surface area contributed by atoms with E-state index in [1.165, 1.54) is 30.5 Å². The molecule has 0 saturated heterocycles. The van der Waals surface area contributed by atoms with Crippen LogP contribution >= 0.6 is 0 Å². The standard InChI is InChI=1S/C11H9FN2O2/c12-7-3-1-6(2-4-7)8-5-14-11(16)9(13)10(8)15/h1-5H,13H2,(H2,14,15,16). The molecule has 0 radical (unpaired) electrons. The number of nitrogen functional groups attached to an aromatic ring is 1. The van der Waals surface area contributed by atoms with Crippen molar-refractivity contribution >= 4 is 5.69 Å². The Kier molecular flexibility index (Phi) is 2.36. The number of halogens is 1. The van der Waals surface area contributed by atoms with E-state index in [9.17, 15) is 9.50 Å². The van der Waals surface area contributed by atoms with Gasteiger partial charge < -0.3 is 15.9 Å². The van der Waals surface area contributed by atoms with Crippen LogP contribution in [0.4, 0.5) is 10.1 Å². The Morgan fingerprint density at radius 2 is 1.75 bits per heavy atom. The quantitative estimate of drug-likeness (QED) is 0.685. The summed E-state index contributed by atoms with van der Waals surface area (Å²) in [6.45, 7) is 0. The van der Waals surface area contributed by atoms with Crippen LogP contribution in [-0.4, -0.2) is 15.2 Å². The van der Waals surface area contributed by atoms with Crippen LogP contribution in [0.2, 0.25) is 0 Å². The Morgan fingerprint density at radius 3 is 2.38 bits per heavy atom. The average molecular weight is 220 g/mol. The summed E-state index contributed by atoms with van der Waals surface area (Å²) in [5.41, 5.74) is 6.13. The van der Waals surface area contributed by atoms with E-state index >= 15 is 0 Å². The zero-order chi connectivity index (χ0) is 11.7. The van der Waals surface area contributed by atoms with Gasteiger partial charge in [0.05, 0.1) is 0 Å². The van der Waals surface area contributed by atoms with E-state index in [1.54, 1.807) is 0 Å². The Labute approximate surface area is 90.8 Å². The number of benzene rings is 1. The molecule has 16 heavy (non-hydrogen) atoms. The fourth-order valence-electron chi connectivity index (χ4n) is 1.35. The van der Waals surface area contributed by atoms with E-state index in [4.69, 9.17) is 10.8 Å². The van der Waals surface area contributed by atoms with Gasteiger partial charge in [0.25, 0.3) is 0 Å². The van der Waals surface area contributed by atoms with Crippen molar-refractivity contribution in [2.75, 3.05) is 5.73 Å². The minimum Gasteiger partial charge on any atom is -0.505 e. The lowest BCUT2D eigenvalue weighted by Crippen LogP contribution is -1.91. The predicted octanol–water partition coefficient (Wildman–Crippen LogP) is 1.88. The zero-order valence-electron chi connectivity index (χ0n) is 8.18. The maximum atomic E-state index is 12.7. The number of aromatic nitrogens is 1. The third-order valence-corrected chi connectivity index (χ3v) is 2.22. The number of anilines is 1. The van der Waals surface area contributed by atoms with Crippen LogP contribution < -0.4 is 5.73 Å². The molecule has 0 atom stereocenters. The van der Waals surface area contributed by atoms with Gasteiger partial charge in [0.1, 0.15) is 11.5 Å². The molecule has 82 valence electrons. The fraction of sp³-hybridized carbons (Fsp3) is 0. The molecule has 1 aromatic heterocycles. The summed E-state index contributed by atoms with van der Waals surface area (Å²) in [7, 11) is 0. The number of nitrogens with zero attached hydrogens (tertiary/aromatic N) is 1. The summed E-state index contributed by atoms with van der Waals surface area (Å²) >= 11 is 0. The Hall–Kier alpha value is -2.30. The summed E-state index contributed by atoms with van der Waals surface area (Å²) in [5.74, 6) is -1.06. The first-order valence-corrected chi connectivity index (χ1v) is 4.52. The van der Waals surface area contributed by atoms with Crippen molar-refractivity contribution in [3.63, 3.8) is 0 Å². The van der Waals surface area contributed by atoms with Gasteiger partial charge >= 0.3 is 0 Å². The molecule has 1 heterocycles. The summed E-state index contributed by atoms with van der Waals surface area (Å²) in [5, 5.41) is 18.8. The van der Waals surface area contributed by atoms with Gasteiger partial charge in [-0.2, -0.15) is 0 Å². The summed E-state index contributed by atoms with van der Waals surface area (Å²) < 4.78 is 12.7. The number of rotatable bonds is 1. The lowest BCUT2D eigenvalue weighted by molar-refractivity contribution is 0.441. The van der Waals surface area contributed by atoms with E-state index in [0.29, 0.717) is 11.1 Å². The van der Waals surface area contributed by atoms with Crippen LogP contribution in [0.25, 0.3) is 11.1 Å². The van der Waals surface area contributed by atoms with Crippen molar-refractivity contribution in [3.8, 4) is 22.8 Å². The monoisotopic (exact) mass is 220 g/mol. The van der Waals surface area contributed by atoms with Gasteiger partial charge in [-0.3, -0.25) is 0 Å². The molecule has 0 aliphatic heterocycles. The molecule has 4 N–H and O–H groups in total. The van der Waals surface area contributed by atoms with Crippen LogP contribution in [0.15, 0.2) is 30.5 Å². The van der Waals surface area contributed by atoms with Gasteiger partial charge in [-0.05, 0) is 17.7 Å². The Morgan fingerprint density at radius 1 is 1.12 bits per heavy atom. The third-order valence-electron chi connectivity index (χ3n) is 2.22. The first-order valence-electron chi connectivity index (χ1n) is 4.52. The van der Waals surface area contributed by atoms with Gasteiger partial charge in [-0.25, -0.2) is 9.37 Å². The Bertz CT molecular complexity index is 526. The highest BCUT2D eigenvalue weighted by Crippen LogP contribution is 2.37. The van der Waals surface area contributed by atoms with Crippen LogP contribution in [0.1, 0.15) is 0 Å². The van der Waals surface area contributed by atoms with Crippen molar-refractivity contribution < 1.29 is 14.6 Å². The van der Waals surface area contributed by atoms with E-state index in [1.807, 2.05) is 0 Å². The van der Waals surface area contributed by atoms with E-state index in [0.717, 1.165) is 0 Å². The number of pyridine rings is 1. The van der Waals surface area contributed by atoms with Crippen LogP contribution in [-0.2, 0) is 0 Å². The smallest absolute Gasteiger partial charge is 0.238 e. The molecule has 0 bridgehead atoms. The van der Waals surface area contributed by atoms with Crippen molar-refractivity contribution in [1.82, 2.24) is 4.98 Å². The topological polar surface area (TPSA) is 79.4 Å². The molecule has 0 saturated carbocycles. The number of hydrogen-bond donors (Lipinski definition) is 3. The fourth-order valence-corrected chi connectivity index (χ4v) is 1.35. The molecular formula is C11H9FN2O2. The highest BCUT2D eigenvalue weighted by molar-refractivity contribution is 5.77. The van der Waals surface area contributed by atoms with Gasteiger partial charge in [0, 0.05) is 11.8 Å². The minimum atomic E-state index is -0.427.